The van der Waals surface area contributed by atoms with E-state index in [-0.39, 0.29) is 11.9 Å². The van der Waals surface area contributed by atoms with Crippen molar-refractivity contribution in [1.29, 1.82) is 0 Å². The molecule has 1 spiro atoms. The highest BCUT2D eigenvalue weighted by molar-refractivity contribution is 6.37. The van der Waals surface area contributed by atoms with E-state index in [9.17, 15) is 19.1 Å². The maximum atomic E-state index is 13.9. The molecule has 33 heavy (non-hydrogen) atoms. The number of rotatable bonds is 1. The Balaban J connectivity index is 1.58. The first-order chi connectivity index (χ1) is 15.5. The SMILES string of the molecule is CN1CC2(c3cc(Cl)cc(Cl)c31)C1C(=O)N(c3cccc(F)n3)C(=O)C1C1C[C@](C)(O)CN12. The lowest BCUT2D eigenvalue weighted by atomic mass is 9.75. The fraction of sp³-hybridized carbons (Fsp3) is 0.435. The van der Waals surface area contributed by atoms with E-state index in [1.807, 2.05) is 11.9 Å². The number of imide groups is 1. The molecule has 1 N–H and O–H groups in total. The van der Waals surface area contributed by atoms with Gasteiger partial charge in [-0.3, -0.25) is 14.5 Å². The van der Waals surface area contributed by atoms with Crippen LogP contribution in [-0.2, 0) is 15.1 Å². The topological polar surface area (TPSA) is 77.0 Å². The summed E-state index contributed by atoms with van der Waals surface area (Å²) in [4.78, 5) is 36.5. The molecule has 6 rings (SSSR count). The lowest BCUT2D eigenvalue weighted by Gasteiger charge is -2.39. The van der Waals surface area contributed by atoms with Crippen LogP contribution in [0.5, 0.6) is 0 Å². The second-order valence-electron chi connectivity index (χ2n) is 9.79. The Kier molecular flexibility index (Phi) is 4.29. The van der Waals surface area contributed by atoms with E-state index >= 15 is 0 Å². The molecular formula is C23H21Cl2FN4O3. The second-order valence-corrected chi connectivity index (χ2v) is 10.6. The minimum Gasteiger partial charge on any atom is -0.389 e. The minimum atomic E-state index is -1.03. The lowest BCUT2D eigenvalue weighted by Crippen LogP contribution is -2.53. The number of benzene rings is 1. The van der Waals surface area contributed by atoms with Crippen LogP contribution in [-0.4, -0.2) is 58.6 Å². The van der Waals surface area contributed by atoms with Crippen molar-refractivity contribution in [3.05, 3.63) is 51.9 Å². The Bertz CT molecular complexity index is 1240. The molecular weight excluding hydrogens is 470 g/mol. The van der Waals surface area contributed by atoms with E-state index in [2.05, 4.69) is 9.88 Å². The number of fused-ring (bicyclic) bond motifs is 7. The van der Waals surface area contributed by atoms with Gasteiger partial charge in [0.15, 0.2) is 0 Å². The lowest BCUT2D eigenvalue weighted by molar-refractivity contribution is -0.125. The molecule has 172 valence electrons. The van der Waals surface area contributed by atoms with E-state index in [0.29, 0.717) is 29.6 Å². The molecule has 1 aromatic heterocycles. The zero-order valence-electron chi connectivity index (χ0n) is 17.9. The summed E-state index contributed by atoms with van der Waals surface area (Å²) in [5.41, 5.74) is -0.411. The van der Waals surface area contributed by atoms with Crippen molar-refractivity contribution in [1.82, 2.24) is 9.88 Å². The number of amides is 2. The fourth-order valence-corrected chi connectivity index (χ4v) is 7.33. The second kappa shape index (κ2) is 6.66. The molecule has 5 atom stereocenters. The number of likely N-dealkylation sites (N-methyl/N-ethyl adjacent to an activating group) is 1. The van der Waals surface area contributed by atoms with E-state index in [0.717, 1.165) is 16.2 Å². The van der Waals surface area contributed by atoms with Crippen LogP contribution in [0.2, 0.25) is 10.0 Å². The molecule has 10 heteroatoms. The van der Waals surface area contributed by atoms with Gasteiger partial charge >= 0.3 is 0 Å². The number of aromatic nitrogens is 1. The van der Waals surface area contributed by atoms with Crippen molar-refractivity contribution in [2.75, 3.05) is 29.9 Å². The maximum Gasteiger partial charge on any atom is 0.241 e. The summed E-state index contributed by atoms with van der Waals surface area (Å²) >= 11 is 13.0. The Morgan fingerprint density at radius 2 is 1.94 bits per heavy atom. The first-order valence-electron chi connectivity index (χ1n) is 10.8. The third-order valence-electron chi connectivity index (χ3n) is 7.64. The predicted octanol–water partition coefficient (Wildman–Crippen LogP) is 2.82. The van der Waals surface area contributed by atoms with Crippen molar-refractivity contribution in [2.45, 2.75) is 30.5 Å². The zero-order chi connectivity index (χ0) is 23.4. The molecule has 5 heterocycles. The van der Waals surface area contributed by atoms with Gasteiger partial charge in [-0.2, -0.15) is 4.39 Å². The van der Waals surface area contributed by atoms with Crippen LogP contribution in [0.3, 0.4) is 0 Å². The van der Waals surface area contributed by atoms with Gasteiger partial charge in [0.25, 0.3) is 0 Å². The number of aliphatic hydroxyl groups is 1. The Hall–Kier alpha value is -2.26. The quantitative estimate of drug-likeness (QED) is 0.489. The number of hydrogen-bond donors (Lipinski definition) is 1. The van der Waals surface area contributed by atoms with E-state index in [1.165, 1.54) is 18.2 Å². The van der Waals surface area contributed by atoms with Crippen molar-refractivity contribution in [3.8, 4) is 0 Å². The minimum absolute atomic E-state index is 0.0263. The average molecular weight is 491 g/mol. The van der Waals surface area contributed by atoms with E-state index < -0.39 is 40.7 Å². The molecule has 0 radical (unpaired) electrons. The maximum absolute atomic E-state index is 13.9. The number of hydrogen-bond acceptors (Lipinski definition) is 6. The monoisotopic (exact) mass is 490 g/mol. The Morgan fingerprint density at radius 1 is 1.18 bits per heavy atom. The smallest absolute Gasteiger partial charge is 0.241 e. The molecule has 0 bridgehead atoms. The van der Waals surface area contributed by atoms with Gasteiger partial charge in [-0.25, -0.2) is 9.88 Å². The largest absolute Gasteiger partial charge is 0.389 e. The summed E-state index contributed by atoms with van der Waals surface area (Å²) in [6, 6.07) is 7.15. The van der Waals surface area contributed by atoms with Crippen LogP contribution in [0.4, 0.5) is 15.9 Å². The third kappa shape index (κ3) is 2.66. The standard InChI is InChI=1S/C23H21Cl2FN4O3/c1-22(33)8-14-17-18(21(32)30(20(17)31)16-5-3-4-15(26)27-16)23(29(14)9-22)10-28(2)19-12(23)6-11(24)7-13(19)25/h3-7,14,17-18,33H,8-10H2,1-2H3/t14?,17?,18?,22-,23?/m0/s1. The van der Waals surface area contributed by atoms with Crippen molar-refractivity contribution in [2.24, 2.45) is 11.8 Å². The van der Waals surface area contributed by atoms with Gasteiger partial charge in [0.1, 0.15) is 5.82 Å². The number of carbonyl (C=O) groups excluding carboxylic acids is 2. The molecule has 4 aliphatic heterocycles. The number of pyridine rings is 1. The van der Waals surface area contributed by atoms with Crippen molar-refractivity contribution in [3.63, 3.8) is 0 Å². The highest BCUT2D eigenvalue weighted by Crippen LogP contribution is 2.63. The van der Waals surface area contributed by atoms with Crippen LogP contribution in [0, 0.1) is 17.8 Å². The third-order valence-corrected chi connectivity index (χ3v) is 8.14. The molecule has 0 saturated carbocycles. The number of halogens is 3. The molecule has 2 aromatic rings. The highest BCUT2D eigenvalue weighted by Gasteiger charge is 2.74. The van der Waals surface area contributed by atoms with Crippen molar-refractivity contribution >= 4 is 46.5 Å². The summed E-state index contributed by atoms with van der Waals surface area (Å²) < 4.78 is 13.9. The van der Waals surface area contributed by atoms with E-state index in [4.69, 9.17) is 23.2 Å². The first-order valence-corrected chi connectivity index (χ1v) is 11.5. The summed E-state index contributed by atoms with van der Waals surface area (Å²) in [6.07, 6.45) is 0.340. The molecule has 3 fully saturated rings. The van der Waals surface area contributed by atoms with Gasteiger partial charge in [0.2, 0.25) is 17.8 Å². The summed E-state index contributed by atoms with van der Waals surface area (Å²) in [6.45, 7) is 2.45. The van der Waals surface area contributed by atoms with E-state index in [1.54, 1.807) is 19.1 Å². The highest BCUT2D eigenvalue weighted by atomic mass is 35.5. The van der Waals surface area contributed by atoms with Gasteiger partial charge in [-0.05, 0) is 37.6 Å². The Morgan fingerprint density at radius 3 is 2.67 bits per heavy atom. The summed E-state index contributed by atoms with van der Waals surface area (Å²) in [7, 11) is 1.89. The average Bonchev–Trinajstić information content (AvgIpc) is 3.35. The number of anilines is 2. The van der Waals surface area contributed by atoms with Gasteiger partial charge in [0, 0.05) is 36.8 Å². The number of carbonyl (C=O) groups is 2. The van der Waals surface area contributed by atoms with Crippen LogP contribution in [0.1, 0.15) is 18.9 Å². The molecule has 4 unspecified atom stereocenters. The van der Waals surface area contributed by atoms with Crippen LogP contribution < -0.4 is 9.80 Å². The fourth-order valence-electron chi connectivity index (χ4n) is 6.70. The summed E-state index contributed by atoms with van der Waals surface area (Å²) in [5.74, 6) is -3.08. The van der Waals surface area contributed by atoms with Gasteiger partial charge in [-0.1, -0.05) is 29.3 Å². The first kappa shape index (κ1) is 21.3. The normalized spacial score (nSPS) is 35.0. The van der Waals surface area contributed by atoms with Crippen LogP contribution in [0.15, 0.2) is 30.3 Å². The van der Waals surface area contributed by atoms with Gasteiger partial charge in [-0.15, -0.1) is 0 Å². The summed E-state index contributed by atoms with van der Waals surface area (Å²) in [5, 5.41) is 11.9. The number of nitrogens with zero attached hydrogens (tertiary/aromatic N) is 4. The predicted molar refractivity (Wildman–Crippen MR) is 121 cm³/mol. The zero-order valence-corrected chi connectivity index (χ0v) is 19.4. The van der Waals surface area contributed by atoms with Gasteiger partial charge < -0.3 is 10.0 Å². The molecule has 7 nitrogen and oxygen atoms in total. The molecule has 0 aliphatic carbocycles. The molecule has 2 amide bonds. The van der Waals surface area contributed by atoms with Crippen LogP contribution in [0.25, 0.3) is 0 Å². The van der Waals surface area contributed by atoms with Crippen molar-refractivity contribution < 1.29 is 19.1 Å². The van der Waals surface area contributed by atoms with Crippen LogP contribution >= 0.6 is 23.2 Å². The molecule has 1 aromatic carbocycles. The van der Waals surface area contributed by atoms with Gasteiger partial charge in [0.05, 0.1) is 33.7 Å². The Labute approximate surface area is 199 Å². The molecule has 3 saturated heterocycles. The molecule has 4 aliphatic rings.